The van der Waals surface area contributed by atoms with E-state index in [9.17, 15) is 4.79 Å². The van der Waals surface area contributed by atoms with E-state index in [-0.39, 0.29) is 11.6 Å². The molecule has 3 aromatic rings. The summed E-state index contributed by atoms with van der Waals surface area (Å²) in [5, 5.41) is 6.01. The normalized spacial score (nSPS) is 10.3. The highest BCUT2D eigenvalue weighted by molar-refractivity contribution is 6.02. The SMILES string of the molecule is COc1ccc(NC(=O)c2cnc(NCCCc3ccccc3)cn2)cc1. The van der Waals surface area contributed by atoms with Gasteiger partial charge in [-0.25, -0.2) is 9.97 Å². The molecule has 0 bridgehead atoms. The summed E-state index contributed by atoms with van der Waals surface area (Å²) in [6.45, 7) is 0.793. The van der Waals surface area contributed by atoms with Gasteiger partial charge in [-0.1, -0.05) is 30.3 Å². The Kier molecular flexibility index (Phi) is 6.35. The van der Waals surface area contributed by atoms with Gasteiger partial charge < -0.3 is 15.4 Å². The van der Waals surface area contributed by atoms with E-state index >= 15 is 0 Å². The number of carbonyl (C=O) groups excluding carboxylic acids is 1. The van der Waals surface area contributed by atoms with Gasteiger partial charge in [-0.15, -0.1) is 0 Å². The molecular formula is C21H22N4O2. The number of amides is 1. The van der Waals surface area contributed by atoms with Crippen LogP contribution >= 0.6 is 0 Å². The molecule has 0 spiro atoms. The van der Waals surface area contributed by atoms with Crippen molar-refractivity contribution in [3.05, 3.63) is 78.2 Å². The van der Waals surface area contributed by atoms with Crippen molar-refractivity contribution >= 4 is 17.4 Å². The van der Waals surface area contributed by atoms with Crippen LogP contribution in [0.25, 0.3) is 0 Å². The molecule has 0 atom stereocenters. The highest BCUT2D eigenvalue weighted by Crippen LogP contribution is 2.15. The molecule has 2 N–H and O–H groups in total. The van der Waals surface area contributed by atoms with Gasteiger partial charge in [-0.2, -0.15) is 0 Å². The summed E-state index contributed by atoms with van der Waals surface area (Å²) in [5.41, 5.74) is 2.25. The van der Waals surface area contributed by atoms with Crippen molar-refractivity contribution in [3.63, 3.8) is 0 Å². The van der Waals surface area contributed by atoms with Crippen molar-refractivity contribution in [2.75, 3.05) is 24.3 Å². The zero-order valence-electron chi connectivity index (χ0n) is 15.2. The first-order valence-electron chi connectivity index (χ1n) is 8.80. The van der Waals surface area contributed by atoms with Crippen LogP contribution in [0.1, 0.15) is 22.5 Å². The maximum Gasteiger partial charge on any atom is 0.275 e. The van der Waals surface area contributed by atoms with E-state index in [0.29, 0.717) is 11.5 Å². The molecule has 0 aliphatic heterocycles. The summed E-state index contributed by atoms with van der Waals surface area (Å²) in [5.74, 6) is 1.09. The number of ether oxygens (including phenoxy) is 1. The zero-order valence-corrected chi connectivity index (χ0v) is 15.2. The minimum absolute atomic E-state index is 0.264. The number of carbonyl (C=O) groups is 1. The number of aromatic nitrogens is 2. The van der Waals surface area contributed by atoms with E-state index in [0.717, 1.165) is 25.1 Å². The number of aryl methyl sites for hydroxylation is 1. The van der Waals surface area contributed by atoms with Crippen LogP contribution in [-0.2, 0) is 6.42 Å². The van der Waals surface area contributed by atoms with Crippen molar-refractivity contribution in [2.45, 2.75) is 12.8 Å². The molecule has 0 radical (unpaired) electrons. The van der Waals surface area contributed by atoms with E-state index in [2.05, 4.69) is 32.7 Å². The van der Waals surface area contributed by atoms with Crippen molar-refractivity contribution in [1.29, 1.82) is 0 Å². The fourth-order valence-electron chi connectivity index (χ4n) is 2.56. The Bertz CT molecular complexity index is 850. The molecule has 3 rings (SSSR count). The van der Waals surface area contributed by atoms with E-state index in [1.807, 2.05) is 18.2 Å². The summed E-state index contributed by atoms with van der Waals surface area (Å²) in [6.07, 6.45) is 5.04. The lowest BCUT2D eigenvalue weighted by Crippen LogP contribution is -2.14. The largest absolute Gasteiger partial charge is 0.497 e. The van der Waals surface area contributed by atoms with Gasteiger partial charge in [0.15, 0.2) is 0 Å². The standard InChI is InChI=1S/C21H22N4O2/c1-27-18-11-9-17(10-12-18)25-21(26)19-14-24-20(15-23-19)22-13-5-8-16-6-3-2-4-7-16/h2-4,6-7,9-12,14-15H,5,8,13H2,1H3,(H,22,24)(H,25,26). The van der Waals surface area contributed by atoms with Crippen LogP contribution < -0.4 is 15.4 Å². The Balaban J connectivity index is 1.46. The second-order valence-corrected chi connectivity index (χ2v) is 5.99. The first-order chi connectivity index (χ1) is 13.2. The molecule has 0 aliphatic rings. The number of nitrogens with zero attached hydrogens (tertiary/aromatic N) is 2. The number of hydrogen-bond acceptors (Lipinski definition) is 5. The van der Waals surface area contributed by atoms with Crippen molar-refractivity contribution in [1.82, 2.24) is 9.97 Å². The van der Waals surface area contributed by atoms with Crippen LogP contribution in [-0.4, -0.2) is 29.5 Å². The van der Waals surface area contributed by atoms with Gasteiger partial charge in [-0.3, -0.25) is 4.79 Å². The minimum Gasteiger partial charge on any atom is -0.497 e. The Hall–Kier alpha value is -3.41. The molecule has 1 aromatic heterocycles. The summed E-state index contributed by atoms with van der Waals surface area (Å²) in [7, 11) is 1.60. The molecule has 1 amide bonds. The van der Waals surface area contributed by atoms with Crippen LogP contribution in [0, 0.1) is 0 Å². The molecule has 0 fully saturated rings. The van der Waals surface area contributed by atoms with Gasteiger partial charge in [0.05, 0.1) is 19.5 Å². The average molecular weight is 362 g/mol. The third-order valence-corrected chi connectivity index (χ3v) is 4.02. The lowest BCUT2D eigenvalue weighted by Gasteiger charge is -2.07. The number of anilines is 2. The molecule has 2 aromatic carbocycles. The maximum absolute atomic E-state index is 12.2. The van der Waals surface area contributed by atoms with Gasteiger partial charge in [0, 0.05) is 12.2 Å². The Morgan fingerprint density at radius 3 is 2.44 bits per heavy atom. The van der Waals surface area contributed by atoms with E-state index in [1.54, 1.807) is 37.6 Å². The molecule has 0 unspecified atom stereocenters. The zero-order chi connectivity index (χ0) is 18.9. The van der Waals surface area contributed by atoms with Gasteiger partial charge in [0.25, 0.3) is 5.91 Å². The van der Waals surface area contributed by atoms with E-state index in [4.69, 9.17) is 4.74 Å². The maximum atomic E-state index is 12.2. The second kappa shape index (κ2) is 9.33. The van der Waals surface area contributed by atoms with E-state index < -0.39 is 0 Å². The quantitative estimate of drug-likeness (QED) is 0.597. The Labute approximate surface area is 158 Å². The predicted molar refractivity (Wildman–Crippen MR) is 106 cm³/mol. The molecule has 1 heterocycles. The van der Waals surface area contributed by atoms with Gasteiger partial charge >= 0.3 is 0 Å². The Morgan fingerprint density at radius 1 is 1.00 bits per heavy atom. The summed E-state index contributed by atoms with van der Waals surface area (Å²) in [4.78, 5) is 20.7. The van der Waals surface area contributed by atoms with Gasteiger partial charge in [0.1, 0.15) is 17.3 Å². The number of rotatable bonds is 8. The number of hydrogen-bond donors (Lipinski definition) is 2. The lowest BCUT2D eigenvalue weighted by atomic mass is 10.1. The number of methoxy groups -OCH3 is 1. The van der Waals surface area contributed by atoms with E-state index in [1.165, 1.54) is 11.8 Å². The first-order valence-corrected chi connectivity index (χ1v) is 8.80. The van der Waals surface area contributed by atoms with Crippen LogP contribution in [0.15, 0.2) is 67.0 Å². The smallest absolute Gasteiger partial charge is 0.275 e. The topological polar surface area (TPSA) is 76.1 Å². The molecule has 0 aliphatic carbocycles. The van der Waals surface area contributed by atoms with Crippen LogP contribution in [0.5, 0.6) is 5.75 Å². The molecule has 6 heteroatoms. The van der Waals surface area contributed by atoms with Gasteiger partial charge in [0.2, 0.25) is 0 Å². The van der Waals surface area contributed by atoms with Crippen molar-refractivity contribution < 1.29 is 9.53 Å². The highest BCUT2D eigenvalue weighted by atomic mass is 16.5. The van der Waals surface area contributed by atoms with Crippen LogP contribution in [0.3, 0.4) is 0 Å². The summed E-state index contributed by atoms with van der Waals surface area (Å²) >= 11 is 0. The minimum atomic E-state index is -0.303. The summed E-state index contributed by atoms with van der Waals surface area (Å²) in [6, 6.07) is 17.5. The fraction of sp³-hybridized carbons (Fsp3) is 0.190. The molecule has 6 nitrogen and oxygen atoms in total. The van der Waals surface area contributed by atoms with Gasteiger partial charge in [-0.05, 0) is 42.7 Å². The second-order valence-electron chi connectivity index (χ2n) is 5.99. The summed E-state index contributed by atoms with van der Waals surface area (Å²) < 4.78 is 5.10. The molecular weight excluding hydrogens is 340 g/mol. The highest BCUT2D eigenvalue weighted by Gasteiger charge is 2.08. The Morgan fingerprint density at radius 2 is 1.78 bits per heavy atom. The average Bonchev–Trinajstić information content (AvgIpc) is 2.73. The molecule has 0 saturated heterocycles. The third-order valence-electron chi connectivity index (χ3n) is 4.02. The monoisotopic (exact) mass is 362 g/mol. The van der Waals surface area contributed by atoms with Crippen LogP contribution in [0.2, 0.25) is 0 Å². The molecule has 0 saturated carbocycles. The molecule has 138 valence electrons. The first kappa shape index (κ1) is 18.4. The molecule has 27 heavy (non-hydrogen) atoms. The fourth-order valence-corrected chi connectivity index (χ4v) is 2.56. The third kappa shape index (κ3) is 5.54. The van der Waals surface area contributed by atoms with Crippen molar-refractivity contribution in [3.8, 4) is 5.75 Å². The number of benzene rings is 2. The lowest BCUT2D eigenvalue weighted by molar-refractivity contribution is 0.102. The van der Waals surface area contributed by atoms with Crippen molar-refractivity contribution in [2.24, 2.45) is 0 Å². The predicted octanol–water partition coefficient (Wildman–Crippen LogP) is 3.78. The van der Waals surface area contributed by atoms with Crippen LogP contribution in [0.4, 0.5) is 11.5 Å². The number of nitrogens with one attached hydrogen (secondary N) is 2.